The molecule has 11 heteroatoms. The molecule has 2 rings (SSSR count). The Hall–Kier alpha value is -2.79. The van der Waals surface area contributed by atoms with Gasteiger partial charge in [-0.3, -0.25) is 15.6 Å². The number of hydrazine groups is 1. The van der Waals surface area contributed by atoms with Crippen LogP contribution in [0.1, 0.15) is 6.92 Å². The zero-order valence-electron chi connectivity index (χ0n) is 14.2. The van der Waals surface area contributed by atoms with E-state index in [9.17, 15) is 26.4 Å². The summed E-state index contributed by atoms with van der Waals surface area (Å²) in [6.45, 7) is 1.25. The maximum Gasteiger partial charge on any atom is 0.256 e. The van der Waals surface area contributed by atoms with Gasteiger partial charge < -0.3 is 4.74 Å². The molecule has 0 radical (unpaired) electrons. The Morgan fingerprint density at radius 3 is 2.26 bits per heavy atom. The maximum atomic E-state index is 13.5. The summed E-state index contributed by atoms with van der Waals surface area (Å²) in [5, 5.41) is 0. The molecule has 2 aromatic rings. The molecule has 0 saturated heterocycles. The second-order valence-electron chi connectivity index (χ2n) is 5.36. The zero-order valence-corrected chi connectivity index (χ0v) is 15.0. The maximum absolute atomic E-state index is 13.5. The number of carbonyl (C=O) groups is 1. The van der Waals surface area contributed by atoms with Crippen molar-refractivity contribution in [2.45, 2.75) is 17.9 Å². The summed E-state index contributed by atoms with van der Waals surface area (Å²) in [6.07, 6.45) is 0. The highest BCUT2D eigenvalue weighted by molar-refractivity contribution is 7.89. The van der Waals surface area contributed by atoms with Gasteiger partial charge in [-0.05, 0) is 43.3 Å². The van der Waals surface area contributed by atoms with Crippen LogP contribution in [-0.2, 0) is 14.8 Å². The summed E-state index contributed by atoms with van der Waals surface area (Å²) in [5.74, 6) is -5.04. The van der Waals surface area contributed by atoms with Crippen molar-refractivity contribution >= 4 is 21.6 Å². The Bertz CT molecular complexity index is 937. The number of hydrogen-bond acceptors (Lipinski definition) is 5. The summed E-state index contributed by atoms with van der Waals surface area (Å²) in [7, 11) is -2.58. The molecule has 0 unspecified atom stereocenters. The van der Waals surface area contributed by atoms with Gasteiger partial charge in [-0.1, -0.05) is 0 Å². The average Bonchev–Trinajstić information content (AvgIpc) is 2.65. The molecule has 0 heterocycles. The smallest absolute Gasteiger partial charge is 0.256 e. The molecule has 0 fully saturated rings. The van der Waals surface area contributed by atoms with E-state index in [0.717, 1.165) is 6.07 Å². The first-order valence-corrected chi connectivity index (χ1v) is 8.99. The molecular weight excluding hydrogens is 387 g/mol. The van der Waals surface area contributed by atoms with Gasteiger partial charge >= 0.3 is 0 Å². The Balaban J connectivity index is 2.01. The first-order chi connectivity index (χ1) is 12.7. The molecule has 1 amide bonds. The third-order valence-electron chi connectivity index (χ3n) is 3.45. The summed E-state index contributed by atoms with van der Waals surface area (Å²) in [6, 6.07) is 5.75. The normalized spacial score (nSPS) is 12.3. The van der Waals surface area contributed by atoms with Crippen LogP contribution in [0.2, 0.25) is 0 Å². The minimum atomic E-state index is -4.01. The topological polar surface area (TPSA) is 96.5 Å². The standard InChI is InChI=1S/C16H16F3N3O4S/c1-9(22-27(24,25)11-5-3-10(26-2)4-6-11)16(23)21-20-13-8-7-12(17)14(18)15(13)19/h3-9,20,22H,1-2H3,(H,21,23)/t9-/m0/s1. The Labute approximate surface area is 153 Å². The van der Waals surface area contributed by atoms with Gasteiger partial charge in [0, 0.05) is 0 Å². The number of sulfonamides is 1. The molecule has 0 aliphatic heterocycles. The predicted molar refractivity (Wildman–Crippen MR) is 90.9 cm³/mol. The van der Waals surface area contributed by atoms with Crippen molar-refractivity contribution in [3.05, 3.63) is 53.8 Å². The number of amides is 1. The van der Waals surface area contributed by atoms with E-state index in [4.69, 9.17) is 4.74 Å². The lowest BCUT2D eigenvalue weighted by Gasteiger charge is -2.16. The number of methoxy groups -OCH3 is 1. The molecule has 1 atom stereocenters. The Morgan fingerprint density at radius 2 is 1.67 bits per heavy atom. The quantitative estimate of drug-likeness (QED) is 0.485. The van der Waals surface area contributed by atoms with E-state index in [1.807, 2.05) is 5.43 Å². The molecule has 2 aromatic carbocycles. The fourth-order valence-electron chi connectivity index (χ4n) is 1.97. The van der Waals surface area contributed by atoms with Gasteiger partial charge in [0.2, 0.25) is 10.0 Å². The van der Waals surface area contributed by atoms with E-state index in [-0.39, 0.29) is 4.90 Å². The van der Waals surface area contributed by atoms with Crippen molar-refractivity contribution in [3.8, 4) is 5.75 Å². The zero-order chi connectivity index (χ0) is 20.2. The average molecular weight is 403 g/mol. The second-order valence-corrected chi connectivity index (χ2v) is 7.07. The summed E-state index contributed by atoms with van der Waals surface area (Å²) >= 11 is 0. The van der Waals surface area contributed by atoms with Gasteiger partial charge in [-0.15, -0.1) is 0 Å². The van der Waals surface area contributed by atoms with Crippen LogP contribution in [0.25, 0.3) is 0 Å². The number of carbonyl (C=O) groups excluding carboxylic acids is 1. The van der Waals surface area contributed by atoms with Gasteiger partial charge in [0.25, 0.3) is 5.91 Å². The first kappa shape index (κ1) is 20.5. The molecule has 0 bridgehead atoms. The van der Waals surface area contributed by atoms with Gasteiger partial charge in [0.05, 0.1) is 23.7 Å². The monoisotopic (exact) mass is 403 g/mol. The highest BCUT2D eigenvalue weighted by Crippen LogP contribution is 2.19. The first-order valence-electron chi connectivity index (χ1n) is 7.51. The molecule has 3 N–H and O–H groups in total. The number of nitrogens with one attached hydrogen (secondary N) is 3. The lowest BCUT2D eigenvalue weighted by atomic mass is 10.3. The molecule has 146 valence electrons. The van der Waals surface area contributed by atoms with Crippen LogP contribution in [0.5, 0.6) is 5.75 Å². The molecule has 0 aliphatic carbocycles. The van der Waals surface area contributed by atoms with Crippen molar-refractivity contribution in [2.24, 2.45) is 0 Å². The fraction of sp³-hybridized carbons (Fsp3) is 0.188. The Kier molecular flexibility index (Phi) is 6.28. The molecular formula is C16H16F3N3O4S. The van der Waals surface area contributed by atoms with E-state index in [0.29, 0.717) is 11.8 Å². The number of ether oxygens (including phenoxy) is 1. The summed E-state index contributed by atoms with van der Waals surface area (Å²) in [4.78, 5) is 11.9. The van der Waals surface area contributed by atoms with Crippen molar-refractivity contribution in [1.82, 2.24) is 10.1 Å². The molecule has 0 saturated carbocycles. The van der Waals surface area contributed by atoms with Gasteiger partial charge in [-0.25, -0.2) is 21.6 Å². The van der Waals surface area contributed by atoms with Crippen LogP contribution in [0.3, 0.4) is 0 Å². The van der Waals surface area contributed by atoms with E-state index >= 15 is 0 Å². The van der Waals surface area contributed by atoms with Crippen molar-refractivity contribution in [3.63, 3.8) is 0 Å². The number of hydrogen-bond donors (Lipinski definition) is 3. The largest absolute Gasteiger partial charge is 0.497 e. The summed E-state index contributed by atoms with van der Waals surface area (Å²) in [5.41, 5.74) is 3.56. The lowest BCUT2D eigenvalue weighted by molar-refractivity contribution is -0.121. The van der Waals surface area contributed by atoms with Crippen LogP contribution < -0.4 is 20.3 Å². The Morgan fingerprint density at radius 1 is 1.04 bits per heavy atom. The molecule has 7 nitrogen and oxygen atoms in total. The third-order valence-corrected chi connectivity index (χ3v) is 5.01. The van der Waals surface area contributed by atoms with Crippen molar-refractivity contribution < 1.29 is 31.1 Å². The van der Waals surface area contributed by atoms with Crippen LogP contribution in [0, 0.1) is 17.5 Å². The highest BCUT2D eigenvalue weighted by atomic mass is 32.2. The predicted octanol–water partition coefficient (Wildman–Crippen LogP) is 1.92. The minimum Gasteiger partial charge on any atom is -0.497 e. The van der Waals surface area contributed by atoms with Crippen molar-refractivity contribution in [2.75, 3.05) is 12.5 Å². The number of anilines is 1. The van der Waals surface area contributed by atoms with Crippen LogP contribution in [0.15, 0.2) is 41.3 Å². The highest BCUT2D eigenvalue weighted by Gasteiger charge is 2.22. The molecule has 0 spiro atoms. The van der Waals surface area contributed by atoms with E-state index in [1.54, 1.807) is 0 Å². The van der Waals surface area contributed by atoms with E-state index in [2.05, 4.69) is 10.1 Å². The number of benzene rings is 2. The fourth-order valence-corrected chi connectivity index (χ4v) is 3.17. The summed E-state index contributed by atoms with van der Waals surface area (Å²) < 4.78 is 71.1. The van der Waals surface area contributed by atoms with Gasteiger partial charge in [-0.2, -0.15) is 4.72 Å². The van der Waals surface area contributed by atoms with Gasteiger partial charge in [0.15, 0.2) is 17.5 Å². The SMILES string of the molecule is COc1ccc(S(=O)(=O)N[C@@H](C)C(=O)NNc2ccc(F)c(F)c2F)cc1. The molecule has 27 heavy (non-hydrogen) atoms. The van der Waals surface area contributed by atoms with Gasteiger partial charge in [0.1, 0.15) is 5.75 Å². The second kappa shape index (κ2) is 8.27. The molecule has 0 aromatic heterocycles. The van der Waals surface area contributed by atoms with E-state index in [1.165, 1.54) is 38.3 Å². The van der Waals surface area contributed by atoms with Crippen molar-refractivity contribution in [1.29, 1.82) is 0 Å². The lowest BCUT2D eigenvalue weighted by Crippen LogP contribution is -2.46. The molecule has 0 aliphatic rings. The van der Waals surface area contributed by atoms with Crippen LogP contribution in [-0.4, -0.2) is 27.5 Å². The van der Waals surface area contributed by atoms with Crippen LogP contribution in [0.4, 0.5) is 18.9 Å². The number of halogens is 3. The minimum absolute atomic E-state index is 0.0949. The van der Waals surface area contributed by atoms with E-state index < -0.39 is 45.1 Å². The third kappa shape index (κ3) is 4.89. The number of rotatable bonds is 7. The van der Waals surface area contributed by atoms with Crippen LogP contribution >= 0.6 is 0 Å².